The van der Waals surface area contributed by atoms with Crippen LogP contribution in [0.3, 0.4) is 0 Å². The van der Waals surface area contributed by atoms with Crippen molar-refractivity contribution < 1.29 is 67.2 Å². The van der Waals surface area contributed by atoms with Crippen molar-refractivity contribution in [3.63, 3.8) is 0 Å². The van der Waals surface area contributed by atoms with E-state index in [2.05, 4.69) is 16.1 Å². The maximum absolute atomic E-state index is 13.5. The van der Waals surface area contributed by atoms with E-state index in [4.69, 9.17) is 4.55 Å². The molecule has 1 atom stereocenters. The fourth-order valence-electron chi connectivity index (χ4n) is 1.79. The second-order valence-corrected chi connectivity index (χ2v) is 7.28. The van der Waals surface area contributed by atoms with Crippen LogP contribution >= 0.6 is 0 Å². The highest BCUT2D eigenvalue weighted by Gasteiger charge is 2.67. The van der Waals surface area contributed by atoms with Crippen molar-refractivity contribution in [2.24, 2.45) is 0 Å². The normalized spacial score (nSPS) is 15.2. The minimum Gasteiger partial charge on any atom is -0.410 e. The highest BCUT2D eigenvalue weighted by molar-refractivity contribution is 7.87. The van der Waals surface area contributed by atoms with E-state index in [9.17, 15) is 53.1 Å². The fourth-order valence-corrected chi connectivity index (χ4v) is 2.27. The van der Waals surface area contributed by atoms with Gasteiger partial charge in [-0.2, -0.15) is 43.5 Å². The Morgan fingerprint density at radius 1 is 1.10 bits per heavy atom. The molecule has 0 heterocycles. The molecule has 0 spiro atoms. The molecule has 182 valence electrons. The van der Waals surface area contributed by atoms with E-state index in [1.165, 1.54) is 6.92 Å². The Bertz CT molecular complexity index is 784. The van der Waals surface area contributed by atoms with Crippen LogP contribution in [0.5, 0.6) is 0 Å². The zero-order valence-corrected chi connectivity index (χ0v) is 16.4. The molecule has 31 heavy (non-hydrogen) atoms. The predicted molar refractivity (Wildman–Crippen MR) is 85.1 cm³/mol. The standard InChI is InChI=1S/C14H17F8NO7S/c1-3-6-23-10(25)12(13(18,19)20,30-9(24)8(2)15)29-7-4-5-11(16,17)14(21,22)31(26,27)28/h2-7H2,1H3,(H,23,25)(H,26,27,28). The smallest absolute Gasteiger partial charge is 0.410 e. The van der Waals surface area contributed by atoms with Gasteiger partial charge in [0.1, 0.15) is 0 Å². The van der Waals surface area contributed by atoms with Gasteiger partial charge in [0, 0.05) is 13.0 Å². The predicted octanol–water partition coefficient (Wildman–Crippen LogP) is 2.71. The zero-order chi connectivity index (χ0) is 24.9. The Kier molecular flexibility index (Phi) is 9.42. The lowest BCUT2D eigenvalue weighted by molar-refractivity contribution is -0.347. The van der Waals surface area contributed by atoms with Crippen molar-refractivity contribution in [2.75, 3.05) is 13.2 Å². The molecule has 0 saturated carbocycles. The van der Waals surface area contributed by atoms with Crippen LogP contribution in [0.1, 0.15) is 26.2 Å². The fraction of sp³-hybridized carbons (Fsp3) is 0.714. The summed E-state index contributed by atoms with van der Waals surface area (Å²) in [5, 5.41) is -4.36. The monoisotopic (exact) mass is 495 g/mol. The Morgan fingerprint density at radius 3 is 2.00 bits per heavy atom. The van der Waals surface area contributed by atoms with Crippen LogP contribution in [-0.4, -0.2) is 61.1 Å². The number of esters is 1. The van der Waals surface area contributed by atoms with Gasteiger partial charge in [-0.15, -0.1) is 0 Å². The SMILES string of the molecule is C=C(F)C(=O)OC(OCCCC(F)(F)C(F)(F)S(=O)(=O)O)(C(=O)NCCC)C(F)(F)F. The average molecular weight is 495 g/mol. The summed E-state index contributed by atoms with van der Waals surface area (Å²) < 4.78 is 143. The van der Waals surface area contributed by atoms with E-state index in [0.717, 1.165) is 0 Å². The lowest BCUT2D eigenvalue weighted by atomic mass is 10.2. The van der Waals surface area contributed by atoms with Crippen LogP contribution in [0.25, 0.3) is 0 Å². The van der Waals surface area contributed by atoms with Gasteiger partial charge in [0.2, 0.25) is 5.83 Å². The summed E-state index contributed by atoms with van der Waals surface area (Å²) in [4.78, 5) is 23.2. The van der Waals surface area contributed by atoms with Crippen LogP contribution in [0.4, 0.5) is 35.1 Å². The van der Waals surface area contributed by atoms with Crippen molar-refractivity contribution >= 4 is 22.0 Å². The molecule has 0 aromatic rings. The Balaban J connectivity index is 5.71. The van der Waals surface area contributed by atoms with E-state index in [0.29, 0.717) is 0 Å². The number of alkyl halides is 7. The molecule has 0 rings (SSSR count). The molecule has 0 aliphatic heterocycles. The van der Waals surface area contributed by atoms with Crippen LogP contribution in [0.2, 0.25) is 0 Å². The van der Waals surface area contributed by atoms with Crippen molar-refractivity contribution in [3.05, 3.63) is 12.4 Å². The lowest BCUT2D eigenvalue weighted by Gasteiger charge is -2.33. The molecular weight excluding hydrogens is 478 g/mol. The van der Waals surface area contributed by atoms with Crippen LogP contribution in [0.15, 0.2) is 12.4 Å². The third-order valence-electron chi connectivity index (χ3n) is 3.36. The highest BCUT2D eigenvalue weighted by Crippen LogP contribution is 2.42. The van der Waals surface area contributed by atoms with E-state index in [1.54, 1.807) is 5.32 Å². The van der Waals surface area contributed by atoms with E-state index in [-0.39, 0.29) is 6.42 Å². The first kappa shape index (κ1) is 29.0. The van der Waals surface area contributed by atoms with E-state index in [1.807, 2.05) is 0 Å². The second-order valence-electron chi connectivity index (χ2n) is 5.81. The number of hydrogen-bond acceptors (Lipinski definition) is 6. The van der Waals surface area contributed by atoms with Gasteiger partial charge in [-0.25, -0.2) is 4.79 Å². The van der Waals surface area contributed by atoms with Gasteiger partial charge in [-0.05, 0) is 12.8 Å². The molecule has 0 saturated heterocycles. The van der Waals surface area contributed by atoms with Gasteiger partial charge in [-0.1, -0.05) is 13.5 Å². The quantitative estimate of drug-likeness (QED) is 0.107. The first-order valence-corrected chi connectivity index (χ1v) is 9.50. The van der Waals surface area contributed by atoms with Crippen LogP contribution in [-0.2, 0) is 29.2 Å². The molecule has 8 nitrogen and oxygen atoms in total. The first-order valence-electron chi connectivity index (χ1n) is 8.06. The lowest BCUT2D eigenvalue weighted by Crippen LogP contribution is -2.61. The minimum absolute atomic E-state index is 0.0698. The van der Waals surface area contributed by atoms with Crippen LogP contribution < -0.4 is 5.32 Å². The summed E-state index contributed by atoms with van der Waals surface area (Å²) in [7, 11) is -6.59. The van der Waals surface area contributed by atoms with Crippen LogP contribution in [0, 0.1) is 0 Å². The number of nitrogens with one attached hydrogen (secondary N) is 1. The van der Waals surface area contributed by atoms with E-state index >= 15 is 0 Å². The molecule has 0 aliphatic carbocycles. The Morgan fingerprint density at radius 2 is 1.61 bits per heavy atom. The van der Waals surface area contributed by atoms with Crippen molar-refractivity contribution in [3.8, 4) is 0 Å². The second kappa shape index (κ2) is 10.1. The number of carbonyl (C=O) groups is 2. The number of hydrogen-bond donors (Lipinski definition) is 2. The molecular formula is C14H17F8NO7S. The Labute approximate surface area is 170 Å². The molecule has 0 aromatic carbocycles. The maximum atomic E-state index is 13.5. The highest BCUT2D eigenvalue weighted by atomic mass is 32.2. The molecule has 0 aromatic heterocycles. The number of rotatable bonds is 12. The maximum Gasteiger partial charge on any atom is 0.466 e. The van der Waals surface area contributed by atoms with E-state index < -0.39 is 77.0 Å². The van der Waals surface area contributed by atoms with Crippen molar-refractivity contribution in [1.82, 2.24) is 5.32 Å². The minimum atomic E-state index is -6.59. The molecule has 17 heteroatoms. The topological polar surface area (TPSA) is 119 Å². The average Bonchev–Trinajstić information content (AvgIpc) is 2.59. The molecule has 0 radical (unpaired) electrons. The largest absolute Gasteiger partial charge is 0.466 e. The van der Waals surface area contributed by atoms with Crippen molar-refractivity contribution in [1.29, 1.82) is 0 Å². The third kappa shape index (κ3) is 6.73. The molecule has 0 fully saturated rings. The number of amides is 1. The third-order valence-corrected chi connectivity index (χ3v) is 4.30. The van der Waals surface area contributed by atoms with Gasteiger partial charge in [0.05, 0.1) is 6.61 Å². The molecule has 2 N–H and O–H groups in total. The Hall–Kier alpha value is -2.01. The summed E-state index contributed by atoms with van der Waals surface area (Å²) in [5.41, 5.74) is 0. The van der Waals surface area contributed by atoms with Gasteiger partial charge in [0.25, 0.3) is 0 Å². The van der Waals surface area contributed by atoms with Gasteiger partial charge in [-0.3, -0.25) is 9.35 Å². The summed E-state index contributed by atoms with van der Waals surface area (Å²) in [6.45, 7) is 1.72. The summed E-state index contributed by atoms with van der Waals surface area (Å²) >= 11 is 0. The zero-order valence-electron chi connectivity index (χ0n) is 15.6. The summed E-state index contributed by atoms with van der Waals surface area (Å²) in [5.74, 6) is -16.7. The number of carbonyl (C=O) groups excluding carboxylic acids is 2. The van der Waals surface area contributed by atoms with Gasteiger partial charge >= 0.3 is 45.1 Å². The van der Waals surface area contributed by atoms with Gasteiger partial charge in [0.15, 0.2) is 0 Å². The molecule has 1 amide bonds. The number of halogens is 8. The summed E-state index contributed by atoms with van der Waals surface area (Å²) in [6, 6.07) is 0. The molecule has 0 bridgehead atoms. The van der Waals surface area contributed by atoms with Crippen molar-refractivity contribution in [2.45, 2.75) is 49.3 Å². The summed E-state index contributed by atoms with van der Waals surface area (Å²) in [6.07, 6.45) is -9.43. The first-order chi connectivity index (χ1) is 13.8. The molecule has 1 unspecified atom stereocenters. The van der Waals surface area contributed by atoms with Gasteiger partial charge < -0.3 is 14.8 Å². The molecule has 0 aliphatic rings. The number of ether oxygens (including phenoxy) is 2.